The van der Waals surface area contributed by atoms with Gasteiger partial charge in [0.25, 0.3) is 10.0 Å². The van der Waals surface area contributed by atoms with Crippen molar-refractivity contribution in [2.24, 2.45) is 14.1 Å². The molecule has 0 unspecified atom stereocenters. The zero-order valence-electron chi connectivity index (χ0n) is 13.1. The van der Waals surface area contributed by atoms with Crippen molar-refractivity contribution in [1.29, 1.82) is 0 Å². The van der Waals surface area contributed by atoms with Gasteiger partial charge in [-0.2, -0.15) is 0 Å². The van der Waals surface area contributed by atoms with E-state index in [-0.39, 0.29) is 10.6 Å². The van der Waals surface area contributed by atoms with E-state index < -0.39 is 10.0 Å². The molecule has 0 bridgehead atoms. The van der Waals surface area contributed by atoms with Crippen LogP contribution in [0.5, 0.6) is 0 Å². The number of rotatable bonds is 3. The molecule has 0 spiro atoms. The van der Waals surface area contributed by atoms with E-state index in [4.69, 9.17) is 0 Å². The molecular weight excluding hydrogens is 314 g/mol. The summed E-state index contributed by atoms with van der Waals surface area (Å²) in [6.07, 6.45) is 0. The van der Waals surface area contributed by atoms with Crippen LogP contribution in [0.15, 0.2) is 52.2 Å². The molecule has 1 aromatic heterocycles. The molecule has 0 saturated heterocycles. The lowest BCUT2D eigenvalue weighted by Crippen LogP contribution is -2.19. The maximum atomic E-state index is 12.5. The Labute approximate surface area is 134 Å². The lowest BCUT2D eigenvalue weighted by molar-refractivity contribution is 0.601. The van der Waals surface area contributed by atoms with Crippen molar-refractivity contribution < 1.29 is 8.42 Å². The van der Waals surface area contributed by atoms with Gasteiger partial charge in [0, 0.05) is 19.8 Å². The molecule has 1 heterocycles. The summed E-state index contributed by atoms with van der Waals surface area (Å²) in [6, 6.07) is 11.7. The number of nitrogens with one attached hydrogen (secondary N) is 1. The second-order valence-electron chi connectivity index (χ2n) is 5.52. The maximum Gasteiger partial charge on any atom is 0.328 e. The largest absolute Gasteiger partial charge is 0.328 e. The highest BCUT2D eigenvalue weighted by atomic mass is 32.2. The highest BCUT2D eigenvalue weighted by Crippen LogP contribution is 2.20. The van der Waals surface area contributed by atoms with Gasteiger partial charge in [-0.05, 0) is 37.3 Å². The molecule has 0 radical (unpaired) electrons. The highest BCUT2D eigenvalue weighted by molar-refractivity contribution is 7.92. The van der Waals surface area contributed by atoms with Gasteiger partial charge in [0.05, 0.1) is 15.9 Å². The summed E-state index contributed by atoms with van der Waals surface area (Å²) in [6.45, 7) is 1.93. The van der Waals surface area contributed by atoms with E-state index in [1.165, 1.54) is 21.3 Å². The maximum absolute atomic E-state index is 12.5. The topological polar surface area (TPSA) is 73.1 Å². The fourth-order valence-corrected chi connectivity index (χ4v) is 3.57. The summed E-state index contributed by atoms with van der Waals surface area (Å²) in [4.78, 5) is 12.1. The molecule has 0 amide bonds. The van der Waals surface area contributed by atoms with Gasteiger partial charge in [-0.15, -0.1) is 0 Å². The number of anilines is 1. The second kappa shape index (κ2) is 5.27. The molecule has 0 fully saturated rings. The molecule has 23 heavy (non-hydrogen) atoms. The molecule has 3 rings (SSSR count). The van der Waals surface area contributed by atoms with E-state index in [0.717, 1.165) is 5.56 Å². The van der Waals surface area contributed by atoms with Gasteiger partial charge >= 0.3 is 5.69 Å². The number of hydrogen-bond donors (Lipinski definition) is 1. The van der Waals surface area contributed by atoms with Gasteiger partial charge in [-0.25, -0.2) is 13.2 Å². The van der Waals surface area contributed by atoms with Crippen LogP contribution in [0, 0.1) is 6.92 Å². The molecule has 120 valence electrons. The standard InChI is InChI=1S/C16H17N3O3S/c1-11-4-6-12(7-5-11)17-23(21,22)13-8-9-14-15(10-13)19(3)16(20)18(14)2/h4-10,17H,1-3H3. The monoisotopic (exact) mass is 331 g/mol. The fourth-order valence-electron chi connectivity index (χ4n) is 2.49. The zero-order valence-corrected chi connectivity index (χ0v) is 13.9. The Morgan fingerprint density at radius 3 is 2.17 bits per heavy atom. The van der Waals surface area contributed by atoms with Crippen LogP contribution in [0.3, 0.4) is 0 Å². The number of benzene rings is 2. The average molecular weight is 331 g/mol. The first kappa shape index (κ1) is 15.4. The minimum atomic E-state index is -3.71. The summed E-state index contributed by atoms with van der Waals surface area (Å²) in [5.74, 6) is 0. The summed E-state index contributed by atoms with van der Waals surface area (Å²) in [5, 5.41) is 0. The summed E-state index contributed by atoms with van der Waals surface area (Å²) < 4.78 is 30.5. The van der Waals surface area contributed by atoms with E-state index in [0.29, 0.717) is 16.7 Å². The number of nitrogens with zero attached hydrogens (tertiary/aromatic N) is 2. The second-order valence-corrected chi connectivity index (χ2v) is 7.21. The van der Waals surface area contributed by atoms with Crippen LogP contribution < -0.4 is 10.4 Å². The normalized spacial score (nSPS) is 11.8. The van der Waals surface area contributed by atoms with E-state index in [1.807, 2.05) is 19.1 Å². The third-order valence-corrected chi connectivity index (χ3v) is 5.24. The molecule has 6 nitrogen and oxygen atoms in total. The van der Waals surface area contributed by atoms with Crippen LogP contribution in [-0.4, -0.2) is 17.6 Å². The lowest BCUT2D eigenvalue weighted by atomic mass is 10.2. The first-order valence-corrected chi connectivity index (χ1v) is 8.53. The van der Waals surface area contributed by atoms with Gasteiger partial charge < -0.3 is 0 Å². The number of aryl methyl sites for hydroxylation is 3. The van der Waals surface area contributed by atoms with E-state index in [1.54, 1.807) is 32.3 Å². The quantitative estimate of drug-likeness (QED) is 0.797. The average Bonchev–Trinajstić information content (AvgIpc) is 2.74. The molecule has 0 aliphatic heterocycles. The highest BCUT2D eigenvalue weighted by Gasteiger charge is 2.17. The summed E-state index contributed by atoms with van der Waals surface area (Å²) in [5.41, 5.74) is 2.61. The fraction of sp³-hybridized carbons (Fsp3) is 0.188. The van der Waals surface area contributed by atoms with Crippen LogP contribution >= 0.6 is 0 Å². The van der Waals surface area contributed by atoms with Crippen LogP contribution in [0.2, 0.25) is 0 Å². The van der Waals surface area contributed by atoms with E-state index >= 15 is 0 Å². The van der Waals surface area contributed by atoms with Crippen molar-refractivity contribution in [3.05, 3.63) is 58.5 Å². The molecule has 0 atom stereocenters. The number of fused-ring (bicyclic) bond motifs is 1. The van der Waals surface area contributed by atoms with Gasteiger partial charge in [0.2, 0.25) is 0 Å². The Kier molecular flexibility index (Phi) is 3.52. The van der Waals surface area contributed by atoms with Crippen LogP contribution in [0.1, 0.15) is 5.56 Å². The minimum Gasteiger partial charge on any atom is -0.295 e. The Morgan fingerprint density at radius 1 is 0.913 bits per heavy atom. The van der Waals surface area contributed by atoms with Crippen LogP contribution in [-0.2, 0) is 24.1 Å². The predicted molar refractivity (Wildman–Crippen MR) is 90.1 cm³/mol. The van der Waals surface area contributed by atoms with E-state index in [2.05, 4.69) is 4.72 Å². The predicted octanol–water partition coefficient (Wildman–Crippen LogP) is 1.99. The summed E-state index contributed by atoms with van der Waals surface area (Å²) in [7, 11) is -0.437. The molecule has 1 N–H and O–H groups in total. The molecule has 7 heteroatoms. The first-order valence-electron chi connectivity index (χ1n) is 7.04. The van der Waals surface area contributed by atoms with Gasteiger partial charge in [-0.3, -0.25) is 13.9 Å². The number of sulfonamides is 1. The molecule has 0 aliphatic carbocycles. The van der Waals surface area contributed by atoms with Gasteiger partial charge in [0.1, 0.15) is 0 Å². The Balaban J connectivity index is 2.06. The summed E-state index contributed by atoms with van der Waals surface area (Å²) >= 11 is 0. The molecule has 3 aromatic rings. The van der Waals surface area contributed by atoms with Crippen molar-refractivity contribution in [2.75, 3.05) is 4.72 Å². The smallest absolute Gasteiger partial charge is 0.295 e. The number of aromatic nitrogens is 2. The lowest BCUT2D eigenvalue weighted by Gasteiger charge is -2.09. The zero-order chi connectivity index (χ0) is 16.8. The Morgan fingerprint density at radius 2 is 1.52 bits per heavy atom. The van der Waals surface area contributed by atoms with Gasteiger partial charge in [-0.1, -0.05) is 17.7 Å². The molecule has 0 aliphatic rings. The van der Waals surface area contributed by atoms with Crippen molar-refractivity contribution >= 4 is 26.7 Å². The third-order valence-electron chi connectivity index (χ3n) is 3.86. The third kappa shape index (κ3) is 2.63. The van der Waals surface area contributed by atoms with Gasteiger partial charge in [0.15, 0.2) is 0 Å². The Bertz CT molecular complexity index is 1040. The van der Waals surface area contributed by atoms with Crippen molar-refractivity contribution in [3.8, 4) is 0 Å². The Hall–Kier alpha value is -2.54. The molecular formula is C16H17N3O3S. The molecule has 0 saturated carbocycles. The van der Waals surface area contributed by atoms with Crippen LogP contribution in [0.4, 0.5) is 5.69 Å². The SMILES string of the molecule is Cc1ccc(NS(=O)(=O)c2ccc3c(c2)n(C)c(=O)n3C)cc1. The van der Waals surface area contributed by atoms with Crippen molar-refractivity contribution in [3.63, 3.8) is 0 Å². The molecule has 2 aromatic carbocycles. The number of hydrogen-bond acceptors (Lipinski definition) is 3. The minimum absolute atomic E-state index is 0.117. The number of imidazole rings is 1. The van der Waals surface area contributed by atoms with Crippen molar-refractivity contribution in [1.82, 2.24) is 9.13 Å². The first-order chi connectivity index (χ1) is 10.8. The van der Waals surface area contributed by atoms with E-state index in [9.17, 15) is 13.2 Å². The van der Waals surface area contributed by atoms with Crippen molar-refractivity contribution in [2.45, 2.75) is 11.8 Å². The van der Waals surface area contributed by atoms with Crippen LogP contribution in [0.25, 0.3) is 11.0 Å².